The molecule has 0 bridgehead atoms. The molecule has 1 aromatic heterocycles. The molecule has 3 rings (SSSR count). The number of hydrogen-bond donors (Lipinski definition) is 2. The molecule has 0 spiro atoms. The molecule has 1 aliphatic carbocycles. The van der Waals surface area contributed by atoms with Crippen molar-refractivity contribution in [3.8, 4) is 0 Å². The highest BCUT2D eigenvalue weighted by Gasteiger charge is 2.34. The Bertz CT molecular complexity index is 668. The summed E-state index contributed by atoms with van der Waals surface area (Å²) >= 11 is 1.22. The van der Waals surface area contributed by atoms with Crippen LogP contribution in [0.15, 0.2) is 0 Å². The molecule has 7 nitrogen and oxygen atoms in total. The number of urea groups is 1. The monoisotopic (exact) mass is 336 g/mol. The highest BCUT2D eigenvalue weighted by atomic mass is 32.1. The summed E-state index contributed by atoms with van der Waals surface area (Å²) in [6.45, 7) is 5.30. The van der Waals surface area contributed by atoms with Crippen LogP contribution in [0.5, 0.6) is 0 Å². The van der Waals surface area contributed by atoms with Gasteiger partial charge in [-0.05, 0) is 18.3 Å². The number of rotatable bonds is 3. The number of nitrogens with one attached hydrogen (secondary N) is 2. The number of aromatic nitrogens is 1. The van der Waals surface area contributed by atoms with Crippen molar-refractivity contribution < 1.29 is 14.4 Å². The highest BCUT2D eigenvalue weighted by Crippen LogP contribution is 2.38. The van der Waals surface area contributed by atoms with Crippen molar-refractivity contribution in [3.63, 3.8) is 0 Å². The zero-order chi connectivity index (χ0) is 16.6. The molecule has 1 fully saturated rings. The van der Waals surface area contributed by atoms with Gasteiger partial charge in [0.15, 0.2) is 10.9 Å². The van der Waals surface area contributed by atoms with Crippen LogP contribution >= 0.6 is 11.3 Å². The van der Waals surface area contributed by atoms with Crippen molar-refractivity contribution in [2.24, 2.45) is 5.41 Å². The predicted octanol–water partition coefficient (Wildman–Crippen LogP) is 1.65. The SMILES string of the molecule is CC1(C)CC(=O)c2sc(NC(=O)CN3CCCNC3=O)nc2C1. The van der Waals surface area contributed by atoms with Crippen LogP contribution in [0, 0.1) is 5.41 Å². The molecule has 1 aromatic rings. The first kappa shape index (κ1) is 15.9. The third-order valence-corrected chi connectivity index (χ3v) is 5.04. The van der Waals surface area contributed by atoms with Crippen molar-refractivity contribution in [2.45, 2.75) is 33.1 Å². The summed E-state index contributed by atoms with van der Waals surface area (Å²) in [4.78, 5) is 42.4. The molecular weight excluding hydrogens is 316 g/mol. The fourth-order valence-electron chi connectivity index (χ4n) is 2.94. The van der Waals surface area contributed by atoms with E-state index in [4.69, 9.17) is 0 Å². The van der Waals surface area contributed by atoms with E-state index in [1.807, 2.05) is 13.8 Å². The number of hydrogen-bond acceptors (Lipinski definition) is 5. The van der Waals surface area contributed by atoms with Gasteiger partial charge in [0.05, 0.1) is 10.6 Å². The number of fused-ring (bicyclic) bond motifs is 1. The minimum Gasteiger partial charge on any atom is -0.338 e. The van der Waals surface area contributed by atoms with Gasteiger partial charge in [-0.2, -0.15) is 0 Å². The molecule has 124 valence electrons. The molecule has 2 heterocycles. The zero-order valence-electron chi connectivity index (χ0n) is 13.3. The van der Waals surface area contributed by atoms with Crippen LogP contribution in [-0.2, 0) is 11.2 Å². The van der Waals surface area contributed by atoms with Gasteiger partial charge in [-0.3, -0.25) is 9.59 Å². The summed E-state index contributed by atoms with van der Waals surface area (Å²) in [6.07, 6.45) is 2.06. The Labute approximate surface area is 138 Å². The molecule has 0 atom stereocenters. The number of thiazole rings is 1. The molecule has 0 unspecified atom stereocenters. The number of carbonyl (C=O) groups is 3. The lowest BCUT2D eigenvalue weighted by molar-refractivity contribution is -0.116. The van der Waals surface area contributed by atoms with E-state index in [0.717, 1.165) is 18.5 Å². The van der Waals surface area contributed by atoms with Crippen LogP contribution in [0.3, 0.4) is 0 Å². The lowest BCUT2D eigenvalue weighted by Gasteiger charge is -2.26. The van der Waals surface area contributed by atoms with Crippen LogP contribution < -0.4 is 10.6 Å². The molecule has 2 aliphatic rings. The molecule has 1 saturated heterocycles. The Morgan fingerprint density at radius 2 is 2.17 bits per heavy atom. The quantitative estimate of drug-likeness (QED) is 0.878. The average Bonchev–Trinajstić information content (AvgIpc) is 2.82. The molecule has 0 saturated carbocycles. The van der Waals surface area contributed by atoms with Crippen LogP contribution in [0.4, 0.5) is 9.93 Å². The molecule has 23 heavy (non-hydrogen) atoms. The lowest BCUT2D eigenvalue weighted by atomic mass is 9.78. The summed E-state index contributed by atoms with van der Waals surface area (Å²) in [5, 5.41) is 5.85. The number of ketones is 1. The lowest BCUT2D eigenvalue weighted by Crippen LogP contribution is -2.49. The van der Waals surface area contributed by atoms with Gasteiger partial charge < -0.3 is 15.5 Å². The third-order valence-electron chi connectivity index (χ3n) is 3.98. The Balaban J connectivity index is 1.66. The number of anilines is 1. The molecule has 1 aliphatic heterocycles. The van der Waals surface area contributed by atoms with Gasteiger partial charge in [-0.1, -0.05) is 25.2 Å². The second-order valence-corrected chi connectivity index (χ2v) is 7.79. The Kier molecular flexibility index (Phi) is 4.09. The minimum atomic E-state index is -0.292. The summed E-state index contributed by atoms with van der Waals surface area (Å²) in [6, 6.07) is -0.221. The number of carbonyl (C=O) groups excluding carboxylic acids is 3. The summed E-state index contributed by atoms with van der Waals surface area (Å²) < 4.78 is 0. The first-order valence-corrected chi connectivity index (χ1v) is 8.51. The first-order valence-electron chi connectivity index (χ1n) is 7.70. The van der Waals surface area contributed by atoms with Crippen LogP contribution in [-0.4, -0.2) is 47.2 Å². The minimum absolute atomic E-state index is 0.00444. The fourth-order valence-corrected chi connectivity index (χ4v) is 3.87. The maximum atomic E-state index is 12.2. The van der Waals surface area contributed by atoms with Gasteiger partial charge in [-0.25, -0.2) is 9.78 Å². The normalized spacial score (nSPS) is 20.0. The van der Waals surface area contributed by atoms with Gasteiger partial charge in [-0.15, -0.1) is 0 Å². The molecular formula is C15H20N4O3S. The van der Waals surface area contributed by atoms with Crippen LogP contribution in [0.2, 0.25) is 0 Å². The highest BCUT2D eigenvalue weighted by molar-refractivity contribution is 7.17. The molecule has 2 N–H and O–H groups in total. The van der Waals surface area contributed by atoms with Crippen LogP contribution in [0.1, 0.15) is 42.1 Å². The van der Waals surface area contributed by atoms with E-state index >= 15 is 0 Å². The number of Topliss-reactive ketones (excluding diaryl/α,β-unsaturated/α-hetero) is 1. The molecule has 3 amide bonds. The Hall–Kier alpha value is -1.96. The molecule has 0 radical (unpaired) electrons. The maximum Gasteiger partial charge on any atom is 0.317 e. The topological polar surface area (TPSA) is 91.4 Å². The van der Waals surface area contributed by atoms with Crippen molar-refractivity contribution in [1.29, 1.82) is 0 Å². The standard InChI is InChI=1S/C15H20N4O3S/c1-15(2)6-9-12(10(20)7-15)23-13(17-9)18-11(21)8-19-5-3-4-16-14(19)22/h3-8H2,1-2H3,(H,16,22)(H,17,18,21). The van der Waals surface area contributed by atoms with Crippen molar-refractivity contribution >= 4 is 34.2 Å². The summed E-state index contributed by atoms with van der Waals surface area (Å²) in [5.41, 5.74) is 0.674. The van der Waals surface area contributed by atoms with E-state index < -0.39 is 0 Å². The fraction of sp³-hybridized carbons (Fsp3) is 0.600. The molecule has 0 aromatic carbocycles. The Morgan fingerprint density at radius 1 is 1.39 bits per heavy atom. The maximum absolute atomic E-state index is 12.2. The van der Waals surface area contributed by atoms with Gasteiger partial charge >= 0.3 is 6.03 Å². The number of nitrogens with zero attached hydrogens (tertiary/aromatic N) is 2. The summed E-state index contributed by atoms with van der Waals surface area (Å²) in [5.74, 6) is -0.204. The second kappa shape index (κ2) is 5.92. The van der Waals surface area contributed by atoms with E-state index in [0.29, 0.717) is 29.5 Å². The van der Waals surface area contributed by atoms with Gasteiger partial charge in [0.1, 0.15) is 6.54 Å². The average molecular weight is 336 g/mol. The van der Waals surface area contributed by atoms with E-state index in [-0.39, 0.29) is 29.7 Å². The van der Waals surface area contributed by atoms with Gasteiger partial charge in [0.25, 0.3) is 0 Å². The molecule has 8 heteroatoms. The van der Waals surface area contributed by atoms with Crippen molar-refractivity contribution in [3.05, 3.63) is 10.6 Å². The van der Waals surface area contributed by atoms with Crippen molar-refractivity contribution in [2.75, 3.05) is 25.0 Å². The van der Waals surface area contributed by atoms with Gasteiger partial charge in [0, 0.05) is 19.5 Å². The predicted molar refractivity (Wildman–Crippen MR) is 86.8 cm³/mol. The first-order chi connectivity index (χ1) is 10.8. The van der Waals surface area contributed by atoms with E-state index in [9.17, 15) is 14.4 Å². The van der Waals surface area contributed by atoms with Crippen LogP contribution in [0.25, 0.3) is 0 Å². The largest absolute Gasteiger partial charge is 0.338 e. The second-order valence-electron chi connectivity index (χ2n) is 6.79. The van der Waals surface area contributed by atoms with Gasteiger partial charge in [0.2, 0.25) is 5.91 Å². The summed E-state index contributed by atoms with van der Waals surface area (Å²) in [7, 11) is 0. The van der Waals surface area contributed by atoms with E-state index in [2.05, 4.69) is 15.6 Å². The van der Waals surface area contributed by atoms with E-state index in [1.54, 1.807) is 0 Å². The van der Waals surface area contributed by atoms with Crippen molar-refractivity contribution in [1.82, 2.24) is 15.2 Å². The van der Waals surface area contributed by atoms with E-state index in [1.165, 1.54) is 16.2 Å². The number of amides is 3. The smallest absolute Gasteiger partial charge is 0.317 e. The Morgan fingerprint density at radius 3 is 2.91 bits per heavy atom. The third kappa shape index (κ3) is 3.52. The zero-order valence-corrected chi connectivity index (χ0v) is 14.1.